The molecule has 0 amide bonds. The zero-order valence-electron chi connectivity index (χ0n) is 13.0. The molecule has 1 N–H and O–H groups in total. The number of hydrogen-bond acceptors (Lipinski definition) is 6. The highest BCUT2D eigenvalue weighted by molar-refractivity contribution is 7.93. The average Bonchev–Trinajstić information content (AvgIpc) is 3.00. The summed E-state index contributed by atoms with van der Waals surface area (Å²) in [6, 6.07) is 7.52. The number of pyridine rings is 2. The molecule has 0 aliphatic carbocycles. The minimum Gasteiger partial charge on any atom is -0.315 e. The molecule has 0 aliphatic heterocycles. The minimum atomic E-state index is -3.87. The molecule has 3 aromatic heterocycles. The van der Waals surface area contributed by atoms with Crippen LogP contribution in [0.1, 0.15) is 4.88 Å². The Morgan fingerprint density at radius 1 is 1.24 bits per heavy atom. The Morgan fingerprint density at radius 2 is 2.04 bits per heavy atom. The molecule has 3 heterocycles. The van der Waals surface area contributed by atoms with Gasteiger partial charge in [-0.2, -0.15) is 4.39 Å². The lowest BCUT2D eigenvalue weighted by atomic mass is 10.1. The second kappa shape index (κ2) is 7.17. The van der Waals surface area contributed by atoms with Crippen LogP contribution < -0.4 is 5.32 Å². The van der Waals surface area contributed by atoms with Gasteiger partial charge in [-0.15, -0.1) is 11.3 Å². The van der Waals surface area contributed by atoms with E-state index in [4.69, 9.17) is 11.6 Å². The van der Waals surface area contributed by atoms with Crippen molar-refractivity contribution in [1.82, 2.24) is 15.3 Å². The third-order valence-electron chi connectivity index (χ3n) is 3.40. The lowest BCUT2D eigenvalue weighted by molar-refractivity contribution is 0.587. The van der Waals surface area contributed by atoms with Gasteiger partial charge in [0.2, 0.25) is 15.8 Å². The third-order valence-corrected chi connectivity index (χ3v) is 7.04. The summed E-state index contributed by atoms with van der Waals surface area (Å²) in [5.41, 5.74) is 0.428. The lowest BCUT2D eigenvalue weighted by Crippen LogP contribution is -2.03. The topological polar surface area (TPSA) is 72.0 Å². The fraction of sp³-hybridized carbons (Fsp3) is 0.125. The molecule has 0 aliphatic rings. The zero-order chi connectivity index (χ0) is 18.0. The standard InChI is InChI=1S/C16H13ClFN3O2S2/c1-19-8-10-7-13(12-3-2-6-20-15(12)18)16(24-10)25(22,23)11-4-5-14(17)21-9-11/h2-7,9,19H,8H2,1H3. The summed E-state index contributed by atoms with van der Waals surface area (Å²) >= 11 is 6.82. The van der Waals surface area contributed by atoms with E-state index in [2.05, 4.69) is 15.3 Å². The normalized spacial score (nSPS) is 11.6. The van der Waals surface area contributed by atoms with E-state index in [1.165, 1.54) is 30.6 Å². The Hall–Kier alpha value is -1.87. The second-order valence-electron chi connectivity index (χ2n) is 5.11. The molecule has 0 unspecified atom stereocenters. The molecule has 9 heteroatoms. The van der Waals surface area contributed by atoms with Crippen LogP contribution >= 0.6 is 22.9 Å². The summed E-state index contributed by atoms with van der Waals surface area (Å²) in [4.78, 5) is 8.21. The van der Waals surface area contributed by atoms with Gasteiger partial charge in [0.25, 0.3) is 0 Å². The predicted molar refractivity (Wildman–Crippen MR) is 95.0 cm³/mol. The number of hydrogen-bond donors (Lipinski definition) is 1. The smallest absolute Gasteiger partial charge is 0.220 e. The van der Waals surface area contributed by atoms with Crippen LogP contribution in [0, 0.1) is 5.95 Å². The van der Waals surface area contributed by atoms with E-state index in [0.29, 0.717) is 6.54 Å². The van der Waals surface area contributed by atoms with Gasteiger partial charge >= 0.3 is 0 Å². The maximum absolute atomic E-state index is 14.1. The molecule has 0 spiro atoms. The summed E-state index contributed by atoms with van der Waals surface area (Å²) in [5, 5.41) is 3.16. The molecule has 130 valence electrons. The van der Waals surface area contributed by atoms with E-state index in [-0.39, 0.29) is 25.4 Å². The van der Waals surface area contributed by atoms with E-state index in [9.17, 15) is 12.8 Å². The minimum absolute atomic E-state index is 0.000283. The van der Waals surface area contributed by atoms with Gasteiger partial charge in [0.05, 0.1) is 4.90 Å². The molecule has 0 radical (unpaired) electrons. The van der Waals surface area contributed by atoms with Crippen molar-refractivity contribution < 1.29 is 12.8 Å². The molecule has 0 fully saturated rings. The van der Waals surface area contributed by atoms with E-state index < -0.39 is 15.8 Å². The number of thiophene rings is 1. The van der Waals surface area contributed by atoms with Crippen molar-refractivity contribution in [2.45, 2.75) is 15.6 Å². The molecule has 0 saturated carbocycles. The van der Waals surface area contributed by atoms with E-state index in [0.717, 1.165) is 16.2 Å². The summed E-state index contributed by atoms with van der Waals surface area (Å²) in [5.74, 6) is -0.720. The van der Waals surface area contributed by atoms with Crippen molar-refractivity contribution in [3.8, 4) is 11.1 Å². The highest BCUT2D eigenvalue weighted by atomic mass is 35.5. The molecular formula is C16H13ClFN3O2S2. The first kappa shape index (κ1) is 17.9. The Morgan fingerprint density at radius 3 is 2.68 bits per heavy atom. The third kappa shape index (κ3) is 3.57. The van der Waals surface area contributed by atoms with Crippen molar-refractivity contribution in [2.24, 2.45) is 0 Å². The van der Waals surface area contributed by atoms with Crippen molar-refractivity contribution in [3.63, 3.8) is 0 Å². The maximum Gasteiger partial charge on any atom is 0.220 e. The number of sulfone groups is 1. The van der Waals surface area contributed by atoms with Gasteiger partial charge in [0, 0.05) is 34.9 Å². The number of aromatic nitrogens is 2. The van der Waals surface area contributed by atoms with Crippen LogP contribution in [-0.2, 0) is 16.4 Å². The Bertz CT molecular complexity index is 1000. The SMILES string of the molecule is CNCc1cc(-c2cccnc2F)c(S(=O)(=O)c2ccc(Cl)nc2)s1. The van der Waals surface area contributed by atoms with Gasteiger partial charge in [0.15, 0.2) is 0 Å². The van der Waals surface area contributed by atoms with Crippen LogP contribution in [0.4, 0.5) is 4.39 Å². The number of rotatable bonds is 5. The number of nitrogens with zero attached hydrogens (tertiary/aromatic N) is 2. The van der Waals surface area contributed by atoms with E-state index >= 15 is 0 Å². The molecule has 25 heavy (non-hydrogen) atoms. The Balaban J connectivity index is 2.21. The predicted octanol–water partition coefficient (Wildman–Crippen LogP) is 3.55. The molecule has 3 aromatic rings. The van der Waals surface area contributed by atoms with Gasteiger partial charge in [-0.3, -0.25) is 0 Å². The summed E-state index contributed by atoms with van der Waals surface area (Å²) in [7, 11) is -2.12. The highest BCUT2D eigenvalue weighted by Crippen LogP contribution is 2.38. The molecule has 3 rings (SSSR count). The first-order valence-electron chi connectivity index (χ1n) is 7.18. The van der Waals surface area contributed by atoms with E-state index in [1.54, 1.807) is 19.2 Å². The number of nitrogens with one attached hydrogen (secondary N) is 1. The van der Waals surface area contributed by atoms with Crippen molar-refractivity contribution in [2.75, 3.05) is 7.05 Å². The van der Waals surface area contributed by atoms with Crippen molar-refractivity contribution in [1.29, 1.82) is 0 Å². The summed E-state index contributed by atoms with van der Waals surface area (Å²) in [6.45, 7) is 0.466. The molecule has 0 bridgehead atoms. The molecule has 0 aromatic carbocycles. The van der Waals surface area contributed by atoms with Crippen molar-refractivity contribution >= 4 is 32.8 Å². The Kier molecular flexibility index (Phi) is 5.14. The number of halogens is 2. The van der Waals surface area contributed by atoms with Crippen LogP contribution in [0.25, 0.3) is 11.1 Å². The van der Waals surface area contributed by atoms with Gasteiger partial charge in [-0.05, 0) is 37.4 Å². The Labute approximate surface area is 153 Å². The molecule has 5 nitrogen and oxygen atoms in total. The van der Waals surface area contributed by atoms with Crippen LogP contribution in [0.15, 0.2) is 51.8 Å². The van der Waals surface area contributed by atoms with Crippen LogP contribution in [0.2, 0.25) is 5.15 Å². The maximum atomic E-state index is 14.1. The summed E-state index contributed by atoms with van der Waals surface area (Å²) in [6.07, 6.45) is 2.51. The largest absolute Gasteiger partial charge is 0.315 e. The molecule has 0 saturated heterocycles. The van der Waals surface area contributed by atoms with E-state index in [1.807, 2.05) is 0 Å². The van der Waals surface area contributed by atoms with Crippen LogP contribution in [-0.4, -0.2) is 25.4 Å². The quantitative estimate of drug-likeness (QED) is 0.666. The monoisotopic (exact) mass is 397 g/mol. The van der Waals surface area contributed by atoms with Gasteiger partial charge in [-0.1, -0.05) is 11.6 Å². The molecular weight excluding hydrogens is 385 g/mol. The molecule has 0 atom stereocenters. The zero-order valence-corrected chi connectivity index (χ0v) is 15.4. The fourth-order valence-electron chi connectivity index (χ4n) is 2.29. The second-order valence-corrected chi connectivity index (χ2v) is 8.77. The van der Waals surface area contributed by atoms with Gasteiger partial charge in [0.1, 0.15) is 9.36 Å². The van der Waals surface area contributed by atoms with Crippen LogP contribution in [0.3, 0.4) is 0 Å². The highest BCUT2D eigenvalue weighted by Gasteiger charge is 2.27. The van der Waals surface area contributed by atoms with Gasteiger partial charge in [-0.25, -0.2) is 18.4 Å². The fourth-order valence-corrected chi connectivity index (χ4v) is 5.47. The first-order valence-corrected chi connectivity index (χ1v) is 9.86. The first-order chi connectivity index (χ1) is 11.9. The van der Waals surface area contributed by atoms with Crippen molar-refractivity contribution in [3.05, 3.63) is 58.7 Å². The lowest BCUT2D eigenvalue weighted by Gasteiger charge is -2.06. The van der Waals surface area contributed by atoms with Crippen LogP contribution in [0.5, 0.6) is 0 Å². The average molecular weight is 398 g/mol. The van der Waals surface area contributed by atoms with Gasteiger partial charge < -0.3 is 5.32 Å². The summed E-state index contributed by atoms with van der Waals surface area (Å²) < 4.78 is 40.3.